The van der Waals surface area contributed by atoms with Crippen molar-refractivity contribution in [2.45, 2.75) is 45.0 Å². The summed E-state index contributed by atoms with van der Waals surface area (Å²) in [4.78, 5) is 0. The molecule has 0 fully saturated rings. The van der Waals surface area contributed by atoms with Crippen molar-refractivity contribution in [2.24, 2.45) is 0 Å². The molecular weight excluding hydrogens is 288 g/mol. The topological polar surface area (TPSA) is 105 Å². The molecule has 3 atom stereocenters. The van der Waals surface area contributed by atoms with E-state index in [1.165, 1.54) is 0 Å². The number of aliphatic hydroxyl groups excluding tert-OH is 1. The van der Waals surface area contributed by atoms with Gasteiger partial charge in [-0.15, -0.1) is 0 Å². The van der Waals surface area contributed by atoms with Crippen LogP contribution in [-0.4, -0.2) is 69.1 Å². The lowest BCUT2D eigenvalue weighted by Crippen LogP contribution is -2.24. The smallest absolute Gasteiger partial charge is 0.0946 e. The van der Waals surface area contributed by atoms with Gasteiger partial charge in [0.25, 0.3) is 0 Å². The average Bonchev–Trinajstić information content (AvgIpc) is 2.34. The van der Waals surface area contributed by atoms with Gasteiger partial charge in [0, 0.05) is 19.5 Å². The van der Waals surface area contributed by atoms with Crippen LogP contribution in [0, 0.1) is 0 Å². The Labute approximate surface area is 121 Å². The molecule has 0 aromatic rings. The van der Waals surface area contributed by atoms with Gasteiger partial charge in [-0.25, -0.2) is 8.42 Å². The summed E-state index contributed by atoms with van der Waals surface area (Å²) >= 11 is 0. The summed E-state index contributed by atoms with van der Waals surface area (Å²) in [5.74, 6) is -0.480. The molecule has 0 saturated heterocycles. The van der Waals surface area contributed by atoms with Crippen molar-refractivity contribution < 1.29 is 32.3 Å². The van der Waals surface area contributed by atoms with E-state index in [9.17, 15) is 13.0 Å². The van der Waals surface area contributed by atoms with E-state index in [0.29, 0.717) is 19.6 Å². The minimum Gasteiger partial charge on any atom is -0.748 e. The highest BCUT2D eigenvalue weighted by atomic mass is 32.2. The van der Waals surface area contributed by atoms with Gasteiger partial charge in [0.15, 0.2) is 0 Å². The number of aliphatic hydroxyl groups is 1. The zero-order valence-electron chi connectivity index (χ0n) is 12.3. The molecule has 0 radical (unpaired) electrons. The summed E-state index contributed by atoms with van der Waals surface area (Å²) in [5.41, 5.74) is 0. The zero-order chi connectivity index (χ0) is 15.6. The highest BCUT2D eigenvalue weighted by Gasteiger charge is 2.13. The van der Waals surface area contributed by atoms with Gasteiger partial charge in [0.05, 0.1) is 41.6 Å². The van der Waals surface area contributed by atoms with Crippen molar-refractivity contribution in [1.29, 1.82) is 0 Å². The lowest BCUT2D eigenvalue weighted by atomic mass is 10.2. The third-order valence-corrected chi connectivity index (χ3v) is 3.34. The molecule has 0 amide bonds. The largest absolute Gasteiger partial charge is 0.748 e. The first kappa shape index (κ1) is 19.8. The van der Waals surface area contributed by atoms with Crippen LogP contribution in [0.2, 0.25) is 0 Å². The molecule has 7 nitrogen and oxygen atoms in total. The maximum atomic E-state index is 10.6. The van der Waals surface area contributed by atoms with Gasteiger partial charge in [-0.05, 0) is 26.7 Å². The van der Waals surface area contributed by atoms with E-state index in [1.54, 1.807) is 14.0 Å². The second kappa shape index (κ2) is 10.5. The molecule has 0 aliphatic rings. The minimum absolute atomic E-state index is 0.0196. The first-order valence-corrected chi connectivity index (χ1v) is 8.16. The highest BCUT2D eigenvalue weighted by molar-refractivity contribution is 7.85. The molecule has 20 heavy (non-hydrogen) atoms. The van der Waals surface area contributed by atoms with Crippen LogP contribution in [0.15, 0.2) is 0 Å². The van der Waals surface area contributed by atoms with Crippen molar-refractivity contribution in [3.8, 4) is 0 Å². The molecule has 0 rings (SSSR count). The number of hydrogen-bond donors (Lipinski definition) is 1. The molecule has 0 bridgehead atoms. The van der Waals surface area contributed by atoms with E-state index < -0.39 is 28.1 Å². The van der Waals surface area contributed by atoms with Crippen LogP contribution in [0.25, 0.3) is 0 Å². The fourth-order valence-electron chi connectivity index (χ4n) is 1.39. The maximum absolute atomic E-state index is 10.6. The lowest BCUT2D eigenvalue weighted by molar-refractivity contribution is -0.0306. The Balaban J connectivity index is 4.04. The second-order valence-corrected chi connectivity index (χ2v) is 6.29. The molecule has 122 valence electrons. The summed E-state index contributed by atoms with van der Waals surface area (Å²) in [6.45, 7) is 4.33. The Kier molecular flexibility index (Phi) is 10.3. The molecule has 0 saturated carbocycles. The summed E-state index contributed by atoms with van der Waals surface area (Å²) in [7, 11) is -2.67. The first-order chi connectivity index (χ1) is 9.24. The third-order valence-electron chi connectivity index (χ3n) is 2.60. The van der Waals surface area contributed by atoms with Crippen molar-refractivity contribution in [3.05, 3.63) is 0 Å². The second-order valence-electron chi connectivity index (χ2n) is 4.76. The van der Waals surface area contributed by atoms with E-state index in [4.69, 9.17) is 19.3 Å². The van der Waals surface area contributed by atoms with E-state index in [1.807, 2.05) is 6.92 Å². The van der Waals surface area contributed by atoms with Gasteiger partial charge in [-0.3, -0.25) is 0 Å². The fraction of sp³-hybridized carbons (Fsp3) is 1.00. The van der Waals surface area contributed by atoms with Crippen molar-refractivity contribution in [3.63, 3.8) is 0 Å². The van der Waals surface area contributed by atoms with Crippen molar-refractivity contribution in [1.82, 2.24) is 0 Å². The zero-order valence-corrected chi connectivity index (χ0v) is 13.1. The van der Waals surface area contributed by atoms with Gasteiger partial charge in [0.1, 0.15) is 0 Å². The summed E-state index contributed by atoms with van der Waals surface area (Å²) in [6, 6.07) is 0. The van der Waals surface area contributed by atoms with Crippen LogP contribution in [-0.2, 0) is 24.3 Å². The summed E-state index contributed by atoms with van der Waals surface area (Å²) in [6.07, 6.45) is -0.531. The monoisotopic (exact) mass is 313 g/mol. The van der Waals surface area contributed by atoms with Gasteiger partial charge in [-0.1, -0.05) is 0 Å². The van der Waals surface area contributed by atoms with E-state index in [2.05, 4.69) is 0 Å². The van der Waals surface area contributed by atoms with Crippen LogP contribution in [0.3, 0.4) is 0 Å². The predicted octanol–water partition coefficient (Wildman–Crippen LogP) is 0.129. The Morgan fingerprint density at radius 3 is 2.35 bits per heavy atom. The normalized spacial score (nSPS) is 16.9. The Bertz CT molecular complexity index is 329. The molecule has 0 aromatic carbocycles. The number of ether oxygens (including phenoxy) is 3. The minimum atomic E-state index is -4.26. The first-order valence-electron chi connectivity index (χ1n) is 6.58. The van der Waals surface area contributed by atoms with E-state index in [-0.39, 0.29) is 19.1 Å². The highest BCUT2D eigenvalue weighted by Crippen LogP contribution is 2.07. The molecular formula is C12H25O7S-. The number of hydrogen-bond acceptors (Lipinski definition) is 7. The van der Waals surface area contributed by atoms with Gasteiger partial charge >= 0.3 is 0 Å². The predicted molar refractivity (Wildman–Crippen MR) is 72.5 cm³/mol. The van der Waals surface area contributed by atoms with Crippen LogP contribution < -0.4 is 0 Å². The van der Waals surface area contributed by atoms with Crippen molar-refractivity contribution >= 4 is 10.1 Å². The maximum Gasteiger partial charge on any atom is 0.0946 e. The fourth-order valence-corrected chi connectivity index (χ4v) is 1.95. The molecule has 3 unspecified atom stereocenters. The number of methoxy groups -OCH3 is 1. The lowest BCUT2D eigenvalue weighted by Gasteiger charge is -2.20. The van der Waals surface area contributed by atoms with Gasteiger partial charge < -0.3 is 23.9 Å². The van der Waals surface area contributed by atoms with Crippen molar-refractivity contribution in [2.75, 3.05) is 32.7 Å². The van der Waals surface area contributed by atoms with Crippen LogP contribution in [0.5, 0.6) is 0 Å². The standard InChI is InChI=1S/C12H26O7S/c1-10(13)8-19-12(5-7-20(14,15)16)4-6-18-9-11(2)17-3/h10-13H,4-9H2,1-3H3,(H,14,15,16)/p-1. The SMILES string of the molecule is COC(C)COCCC(CCS(=O)(=O)[O-])OCC(C)O. The molecule has 0 aromatic heterocycles. The van der Waals surface area contributed by atoms with Crippen LogP contribution >= 0.6 is 0 Å². The summed E-state index contributed by atoms with van der Waals surface area (Å²) < 4.78 is 47.6. The third kappa shape index (κ3) is 12.8. The Morgan fingerprint density at radius 1 is 1.20 bits per heavy atom. The Morgan fingerprint density at radius 2 is 1.85 bits per heavy atom. The van der Waals surface area contributed by atoms with E-state index in [0.717, 1.165) is 0 Å². The number of rotatable bonds is 12. The Hall–Kier alpha value is -0.250. The van der Waals surface area contributed by atoms with Gasteiger partial charge in [-0.2, -0.15) is 0 Å². The molecule has 1 N–H and O–H groups in total. The summed E-state index contributed by atoms with van der Waals surface area (Å²) in [5, 5.41) is 9.15. The van der Waals surface area contributed by atoms with Crippen LogP contribution in [0.1, 0.15) is 26.7 Å². The molecule has 0 aliphatic heterocycles. The molecule has 8 heteroatoms. The van der Waals surface area contributed by atoms with Gasteiger partial charge in [0.2, 0.25) is 0 Å². The average molecular weight is 313 g/mol. The molecule has 0 spiro atoms. The van der Waals surface area contributed by atoms with Crippen LogP contribution in [0.4, 0.5) is 0 Å². The van der Waals surface area contributed by atoms with E-state index >= 15 is 0 Å². The quantitative estimate of drug-likeness (QED) is 0.403. The molecule has 0 heterocycles. The molecule has 0 aliphatic carbocycles.